The summed E-state index contributed by atoms with van der Waals surface area (Å²) < 4.78 is 3.29. The second-order valence-electron chi connectivity index (χ2n) is 4.00. The van der Waals surface area contributed by atoms with Crippen LogP contribution in [0.2, 0.25) is 0 Å². The number of aromatic nitrogens is 1. The minimum Gasteiger partial charge on any atom is -0.342 e. The van der Waals surface area contributed by atoms with Gasteiger partial charge < -0.3 is 9.47 Å². The molecule has 1 aromatic rings. The Kier molecular flexibility index (Phi) is 2.87. The fourth-order valence-electron chi connectivity index (χ4n) is 2.14. The minimum absolute atomic E-state index is 0.182. The summed E-state index contributed by atoms with van der Waals surface area (Å²) in [5.74, 6) is 0.182. The largest absolute Gasteiger partial charge is 0.342 e. The summed E-state index contributed by atoms with van der Waals surface area (Å²) in [4.78, 5) is 13.2. The molecule has 0 spiro atoms. The van der Waals surface area contributed by atoms with E-state index in [4.69, 9.17) is 0 Å². The molecule has 0 atom stereocenters. The first kappa shape index (κ1) is 10.7. The first-order chi connectivity index (χ1) is 7.09. The molecule has 0 aliphatic carbocycles. The van der Waals surface area contributed by atoms with E-state index in [0.29, 0.717) is 0 Å². The van der Waals surface area contributed by atoms with Gasteiger partial charge in [-0.3, -0.25) is 4.79 Å². The number of carbonyl (C=O) groups excluding carboxylic acids is 1. The lowest BCUT2D eigenvalue weighted by molar-refractivity contribution is -0.128. The van der Waals surface area contributed by atoms with Crippen molar-refractivity contribution in [1.29, 1.82) is 0 Å². The van der Waals surface area contributed by atoms with Gasteiger partial charge in [0.05, 0.1) is 4.60 Å². The highest BCUT2D eigenvalue weighted by molar-refractivity contribution is 9.10. The molecular formula is C11H15BrN2O. The Balaban J connectivity index is 2.24. The number of halogens is 1. The molecule has 3 nitrogen and oxygen atoms in total. The van der Waals surface area contributed by atoms with Crippen molar-refractivity contribution in [3.05, 3.63) is 21.9 Å². The van der Waals surface area contributed by atoms with Gasteiger partial charge in [0.2, 0.25) is 5.91 Å². The van der Waals surface area contributed by atoms with Crippen molar-refractivity contribution in [2.75, 3.05) is 13.1 Å². The van der Waals surface area contributed by atoms with Crippen molar-refractivity contribution in [3.8, 4) is 0 Å². The maximum absolute atomic E-state index is 11.3. The molecule has 1 aliphatic heterocycles. The highest BCUT2D eigenvalue weighted by Gasteiger charge is 2.18. The van der Waals surface area contributed by atoms with Crippen molar-refractivity contribution in [2.45, 2.75) is 19.8 Å². The fraction of sp³-hybridized carbons (Fsp3) is 0.545. The zero-order valence-corrected chi connectivity index (χ0v) is 10.7. The molecule has 82 valence electrons. The quantitative estimate of drug-likeness (QED) is 0.705. The SMILES string of the molecule is CC(=O)N1CCc2cc(Br)n(C)c2CC1. The zero-order chi connectivity index (χ0) is 11.0. The van der Waals surface area contributed by atoms with E-state index in [1.807, 2.05) is 4.90 Å². The second-order valence-corrected chi connectivity index (χ2v) is 4.82. The van der Waals surface area contributed by atoms with Gasteiger partial charge in [-0.1, -0.05) is 0 Å². The molecule has 0 saturated carbocycles. The maximum atomic E-state index is 11.3. The standard InChI is InChI=1S/C11H15BrN2O/c1-8(15)14-5-3-9-7-11(12)13(2)10(9)4-6-14/h7H,3-6H2,1-2H3. The molecule has 1 amide bonds. The Bertz CT molecular complexity index is 398. The lowest BCUT2D eigenvalue weighted by Gasteiger charge is -2.17. The zero-order valence-electron chi connectivity index (χ0n) is 9.09. The fourth-order valence-corrected chi connectivity index (χ4v) is 2.63. The van der Waals surface area contributed by atoms with E-state index < -0.39 is 0 Å². The topological polar surface area (TPSA) is 25.2 Å². The van der Waals surface area contributed by atoms with Crippen LogP contribution >= 0.6 is 15.9 Å². The minimum atomic E-state index is 0.182. The highest BCUT2D eigenvalue weighted by atomic mass is 79.9. The van der Waals surface area contributed by atoms with Gasteiger partial charge in [0, 0.05) is 39.2 Å². The molecule has 0 N–H and O–H groups in total. The van der Waals surface area contributed by atoms with Crippen LogP contribution in [0.4, 0.5) is 0 Å². The number of rotatable bonds is 0. The smallest absolute Gasteiger partial charge is 0.219 e. The molecule has 0 saturated heterocycles. The van der Waals surface area contributed by atoms with Crippen molar-refractivity contribution in [3.63, 3.8) is 0 Å². The van der Waals surface area contributed by atoms with Gasteiger partial charge in [-0.25, -0.2) is 0 Å². The molecule has 2 rings (SSSR count). The van der Waals surface area contributed by atoms with Gasteiger partial charge in [-0.2, -0.15) is 0 Å². The van der Waals surface area contributed by atoms with Crippen LogP contribution in [0.5, 0.6) is 0 Å². The van der Waals surface area contributed by atoms with Crippen LogP contribution < -0.4 is 0 Å². The third kappa shape index (κ3) is 1.95. The summed E-state index contributed by atoms with van der Waals surface area (Å²) in [6.07, 6.45) is 1.92. The Morgan fingerprint density at radius 2 is 2.07 bits per heavy atom. The highest BCUT2D eigenvalue weighted by Crippen LogP contribution is 2.23. The molecular weight excluding hydrogens is 256 g/mol. The Morgan fingerprint density at radius 3 is 2.73 bits per heavy atom. The van der Waals surface area contributed by atoms with E-state index in [1.165, 1.54) is 11.3 Å². The predicted molar refractivity (Wildman–Crippen MR) is 62.8 cm³/mol. The third-order valence-corrected chi connectivity index (χ3v) is 3.87. The Labute approximate surface area is 98.2 Å². The summed E-state index contributed by atoms with van der Waals surface area (Å²) in [6, 6.07) is 2.17. The van der Waals surface area contributed by atoms with E-state index in [2.05, 4.69) is 33.6 Å². The number of nitrogens with zero attached hydrogens (tertiary/aromatic N) is 2. The van der Waals surface area contributed by atoms with Crippen molar-refractivity contribution < 1.29 is 4.79 Å². The molecule has 1 aromatic heterocycles. The monoisotopic (exact) mass is 270 g/mol. The Hall–Kier alpha value is -0.770. The summed E-state index contributed by atoms with van der Waals surface area (Å²) in [7, 11) is 2.06. The predicted octanol–water partition coefficient (Wildman–Crippen LogP) is 1.73. The van der Waals surface area contributed by atoms with Gasteiger partial charge in [0.15, 0.2) is 0 Å². The van der Waals surface area contributed by atoms with Gasteiger partial charge in [-0.15, -0.1) is 0 Å². The van der Waals surface area contributed by atoms with E-state index in [9.17, 15) is 4.79 Å². The average Bonchev–Trinajstić information content (AvgIpc) is 2.40. The van der Waals surface area contributed by atoms with Crippen LogP contribution in [0, 0.1) is 0 Å². The first-order valence-electron chi connectivity index (χ1n) is 5.18. The molecule has 4 heteroatoms. The molecule has 15 heavy (non-hydrogen) atoms. The summed E-state index contributed by atoms with van der Waals surface area (Å²) >= 11 is 3.53. The maximum Gasteiger partial charge on any atom is 0.219 e. The van der Waals surface area contributed by atoms with Crippen LogP contribution in [0.15, 0.2) is 10.7 Å². The van der Waals surface area contributed by atoms with E-state index in [-0.39, 0.29) is 5.91 Å². The number of hydrogen-bond donors (Lipinski definition) is 0. The van der Waals surface area contributed by atoms with Crippen LogP contribution in [0.3, 0.4) is 0 Å². The number of amides is 1. The number of fused-ring (bicyclic) bond motifs is 1. The van der Waals surface area contributed by atoms with Gasteiger partial charge in [-0.05, 0) is 34.0 Å². The first-order valence-corrected chi connectivity index (χ1v) is 5.97. The number of hydrogen-bond acceptors (Lipinski definition) is 1. The van der Waals surface area contributed by atoms with Gasteiger partial charge in [0.1, 0.15) is 0 Å². The van der Waals surface area contributed by atoms with Gasteiger partial charge in [0.25, 0.3) is 0 Å². The molecule has 0 bridgehead atoms. The molecule has 0 radical (unpaired) electrons. The lowest BCUT2D eigenvalue weighted by Crippen LogP contribution is -2.31. The second kappa shape index (κ2) is 4.00. The van der Waals surface area contributed by atoms with Crippen molar-refractivity contribution >= 4 is 21.8 Å². The summed E-state index contributed by atoms with van der Waals surface area (Å²) in [5, 5.41) is 0. The Morgan fingerprint density at radius 1 is 1.40 bits per heavy atom. The van der Waals surface area contributed by atoms with E-state index in [0.717, 1.165) is 30.5 Å². The van der Waals surface area contributed by atoms with Crippen LogP contribution in [0.1, 0.15) is 18.2 Å². The molecule has 2 heterocycles. The molecule has 0 unspecified atom stereocenters. The van der Waals surface area contributed by atoms with E-state index in [1.54, 1.807) is 6.92 Å². The van der Waals surface area contributed by atoms with Crippen LogP contribution in [-0.2, 0) is 24.7 Å². The molecule has 0 aromatic carbocycles. The van der Waals surface area contributed by atoms with Crippen molar-refractivity contribution in [2.24, 2.45) is 7.05 Å². The van der Waals surface area contributed by atoms with Crippen LogP contribution in [-0.4, -0.2) is 28.5 Å². The number of carbonyl (C=O) groups is 1. The van der Waals surface area contributed by atoms with Crippen molar-refractivity contribution in [1.82, 2.24) is 9.47 Å². The van der Waals surface area contributed by atoms with Gasteiger partial charge >= 0.3 is 0 Å². The van der Waals surface area contributed by atoms with Crippen LogP contribution in [0.25, 0.3) is 0 Å². The third-order valence-electron chi connectivity index (χ3n) is 3.10. The average molecular weight is 271 g/mol. The summed E-state index contributed by atoms with van der Waals surface area (Å²) in [6.45, 7) is 3.33. The molecule has 1 aliphatic rings. The molecule has 0 fully saturated rings. The normalized spacial score (nSPS) is 16.1. The lowest BCUT2D eigenvalue weighted by atomic mass is 10.1. The summed E-state index contributed by atoms with van der Waals surface area (Å²) in [5.41, 5.74) is 2.72. The van der Waals surface area contributed by atoms with E-state index >= 15 is 0 Å².